The normalized spacial score (nSPS) is 14.7. The van der Waals surface area contributed by atoms with Gasteiger partial charge < -0.3 is 5.11 Å². The summed E-state index contributed by atoms with van der Waals surface area (Å²) in [4.78, 5) is 0. The molecule has 0 aliphatic carbocycles. The van der Waals surface area contributed by atoms with E-state index in [9.17, 15) is 5.11 Å². The highest BCUT2D eigenvalue weighted by atomic mass is 16.3. The molecular weight excluding hydrogens is 196 g/mol. The SMILES string of the molecule is CCCCC[C@H](C)[C@H](C)c1cccc(O)c1. The molecule has 1 aromatic rings. The number of phenolic OH excluding ortho intramolecular Hbond substituents is 1. The van der Waals surface area contributed by atoms with Gasteiger partial charge >= 0.3 is 0 Å². The van der Waals surface area contributed by atoms with Crippen molar-refractivity contribution < 1.29 is 5.11 Å². The average molecular weight is 220 g/mol. The Bertz CT molecular complexity index is 306. The highest BCUT2D eigenvalue weighted by Crippen LogP contribution is 2.29. The van der Waals surface area contributed by atoms with Gasteiger partial charge in [0.15, 0.2) is 0 Å². The average Bonchev–Trinajstić information content (AvgIpc) is 2.28. The zero-order valence-corrected chi connectivity index (χ0v) is 10.7. The Labute approximate surface area is 99.5 Å². The summed E-state index contributed by atoms with van der Waals surface area (Å²) in [6, 6.07) is 7.67. The van der Waals surface area contributed by atoms with E-state index in [1.807, 2.05) is 12.1 Å². The Morgan fingerprint density at radius 1 is 1.19 bits per heavy atom. The van der Waals surface area contributed by atoms with Gasteiger partial charge in [0.2, 0.25) is 0 Å². The van der Waals surface area contributed by atoms with E-state index in [2.05, 4.69) is 26.8 Å². The predicted octanol–water partition coefficient (Wildman–Crippen LogP) is 4.71. The number of hydrogen-bond acceptors (Lipinski definition) is 1. The molecular formula is C15H24O. The van der Waals surface area contributed by atoms with Gasteiger partial charge in [-0.1, -0.05) is 58.6 Å². The lowest BCUT2D eigenvalue weighted by molar-refractivity contribution is 0.427. The van der Waals surface area contributed by atoms with E-state index in [4.69, 9.17) is 0 Å². The summed E-state index contributed by atoms with van der Waals surface area (Å²) in [6.07, 6.45) is 5.22. The molecule has 1 rings (SSSR count). The Kier molecular flexibility index (Phi) is 5.37. The Hall–Kier alpha value is -0.980. The fraction of sp³-hybridized carbons (Fsp3) is 0.600. The largest absolute Gasteiger partial charge is 0.508 e. The van der Waals surface area contributed by atoms with Gasteiger partial charge in [0.25, 0.3) is 0 Å². The number of phenols is 1. The van der Waals surface area contributed by atoms with Gasteiger partial charge in [0.05, 0.1) is 0 Å². The molecule has 0 aliphatic heterocycles. The molecule has 0 radical (unpaired) electrons. The van der Waals surface area contributed by atoms with Crippen molar-refractivity contribution in [3.05, 3.63) is 29.8 Å². The number of aromatic hydroxyl groups is 1. The van der Waals surface area contributed by atoms with Crippen LogP contribution in [-0.4, -0.2) is 5.11 Å². The van der Waals surface area contributed by atoms with Crippen LogP contribution in [0.4, 0.5) is 0 Å². The fourth-order valence-electron chi connectivity index (χ4n) is 2.10. The second-order valence-electron chi connectivity index (χ2n) is 4.86. The van der Waals surface area contributed by atoms with Crippen molar-refractivity contribution in [2.24, 2.45) is 5.92 Å². The summed E-state index contributed by atoms with van der Waals surface area (Å²) < 4.78 is 0. The fourth-order valence-corrected chi connectivity index (χ4v) is 2.10. The van der Waals surface area contributed by atoms with Crippen molar-refractivity contribution in [3.63, 3.8) is 0 Å². The predicted molar refractivity (Wildman–Crippen MR) is 69.8 cm³/mol. The highest BCUT2D eigenvalue weighted by Gasteiger charge is 2.14. The minimum atomic E-state index is 0.380. The summed E-state index contributed by atoms with van der Waals surface area (Å²) in [7, 11) is 0. The second kappa shape index (κ2) is 6.57. The van der Waals surface area contributed by atoms with Crippen LogP contribution in [0.25, 0.3) is 0 Å². The molecule has 16 heavy (non-hydrogen) atoms. The highest BCUT2D eigenvalue weighted by molar-refractivity contribution is 5.29. The van der Waals surface area contributed by atoms with Crippen LogP contribution in [0.1, 0.15) is 57.9 Å². The first-order chi connectivity index (χ1) is 7.65. The van der Waals surface area contributed by atoms with Gasteiger partial charge in [-0.25, -0.2) is 0 Å². The van der Waals surface area contributed by atoms with E-state index in [1.54, 1.807) is 6.07 Å². The molecule has 0 aliphatic rings. The Morgan fingerprint density at radius 2 is 1.94 bits per heavy atom. The van der Waals surface area contributed by atoms with E-state index < -0.39 is 0 Å². The zero-order chi connectivity index (χ0) is 12.0. The maximum Gasteiger partial charge on any atom is 0.115 e. The molecule has 0 spiro atoms. The van der Waals surface area contributed by atoms with Gasteiger partial charge in [0.1, 0.15) is 5.75 Å². The molecule has 1 N–H and O–H groups in total. The molecule has 0 aromatic heterocycles. The number of hydrogen-bond donors (Lipinski definition) is 1. The molecule has 0 bridgehead atoms. The lowest BCUT2D eigenvalue weighted by atomic mass is 9.85. The molecule has 0 saturated heterocycles. The first-order valence-electron chi connectivity index (χ1n) is 6.44. The molecule has 1 nitrogen and oxygen atoms in total. The molecule has 0 amide bonds. The van der Waals surface area contributed by atoms with Crippen molar-refractivity contribution in [2.75, 3.05) is 0 Å². The van der Waals surface area contributed by atoms with Crippen LogP contribution in [0.3, 0.4) is 0 Å². The van der Waals surface area contributed by atoms with E-state index in [0.717, 1.165) is 0 Å². The van der Waals surface area contributed by atoms with Crippen LogP contribution < -0.4 is 0 Å². The van der Waals surface area contributed by atoms with E-state index in [1.165, 1.54) is 31.2 Å². The van der Waals surface area contributed by atoms with E-state index in [-0.39, 0.29) is 0 Å². The van der Waals surface area contributed by atoms with Crippen LogP contribution in [-0.2, 0) is 0 Å². The van der Waals surface area contributed by atoms with Gasteiger partial charge in [-0.15, -0.1) is 0 Å². The quantitative estimate of drug-likeness (QED) is 0.688. The Morgan fingerprint density at radius 3 is 2.56 bits per heavy atom. The van der Waals surface area contributed by atoms with Crippen molar-refractivity contribution >= 4 is 0 Å². The summed E-state index contributed by atoms with van der Waals surface area (Å²) in [5, 5.41) is 9.46. The topological polar surface area (TPSA) is 20.2 Å². The minimum Gasteiger partial charge on any atom is -0.508 e. The van der Waals surface area contributed by atoms with Crippen LogP contribution in [0.2, 0.25) is 0 Å². The van der Waals surface area contributed by atoms with Gasteiger partial charge in [-0.3, -0.25) is 0 Å². The third-order valence-corrected chi connectivity index (χ3v) is 3.51. The molecule has 0 unspecified atom stereocenters. The van der Waals surface area contributed by atoms with E-state index >= 15 is 0 Å². The monoisotopic (exact) mass is 220 g/mol. The summed E-state index contributed by atoms with van der Waals surface area (Å²) in [5.74, 6) is 1.60. The first-order valence-corrected chi connectivity index (χ1v) is 6.44. The van der Waals surface area contributed by atoms with Crippen molar-refractivity contribution in [1.29, 1.82) is 0 Å². The maximum absolute atomic E-state index is 9.46. The maximum atomic E-state index is 9.46. The molecule has 1 heteroatoms. The third kappa shape index (κ3) is 3.88. The first kappa shape index (κ1) is 13.1. The second-order valence-corrected chi connectivity index (χ2v) is 4.86. The lowest BCUT2D eigenvalue weighted by Gasteiger charge is -2.20. The molecule has 0 fully saturated rings. The Balaban J connectivity index is 2.52. The smallest absolute Gasteiger partial charge is 0.115 e. The van der Waals surface area contributed by atoms with Gasteiger partial charge in [-0.05, 0) is 29.5 Å². The summed E-state index contributed by atoms with van der Waals surface area (Å²) >= 11 is 0. The molecule has 2 atom stereocenters. The van der Waals surface area contributed by atoms with Crippen molar-refractivity contribution in [2.45, 2.75) is 52.4 Å². The van der Waals surface area contributed by atoms with Crippen LogP contribution >= 0.6 is 0 Å². The van der Waals surface area contributed by atoms with Crippen LogP contribution in [0.5, 0.6) is 5.75 Å². The standard InChI is InChI=1S/C15H24O/c1-4-5-6-8-12(2)13(3)14-9-7-10-15(16)11-14/h7,9-13,16H,4-6,8H2,1-3H3/t12-,13-/m0/s1. The number of benzene rings is 1. The van der Waals surface area contributed by atoms with E-state index in [0.29, 0.717) is 17.6 Å². The van der Waals surface area contributed by atoms with Gasteiger partial charge in [-0.2, -0.15) is 0 Å². The van der Waals surface area contributed by atoms with Gasteiger partial charge in [0, 0.05) is 0 Å². The van der Waals surface area contributed by atoms with Crippen molar-refractivity contribution in [3.8, 4) is 5.75 Å². The number of unbranched alkanes of at least 4 members (excludes halogenated alkanes) is 2. The third-order valence-electron chi connectivity index (χ3n) is 3.51. The lowest BCUT2D eigenvalue weighted by Crippen LogP contribution is -2.06. The summed E-state index contributed by atoms with van der Waals surface area (Å²) in [6.45, 7) is 6.80. The van der Waals surface area contributed by atoms with Crippen molar-refractivity contribution in [1.82, 2.24) is 0 Å². The molecule has 90 valence electrons. The molecule has 0 saturated carbocycles. The van der Waals surface area contributed by atoms with Crippen LogP contribution in [0.15, 0.2) is 24.3 Å². The molecule has 0 heterocycles. The minimum absolute atomic E-state index is 0.380. The molecule has 1 aromatic carbocycles. The zero-order valence-electron chi connectivity index (χ0n) is 10.7. The summed E-state index contributed by atoms with van der Waals surface area (Å²) in [5.41, 5.74) is 1.25. The number of rotatable bonds is 6. The van der Waals surface area contributed by atoms with Crippen LogP contribution in [0, 0.1) is 5.92 Å².